The average Bonchev–Trinajstić information content (AvgIpc) is 2.52. The number of aliphatic imine (C=N–C) groups is 1. The fourth-order valence-electron chi connectivity index (χ4n) is 1.94. The Bertz CT molecular complexity index is 630. The maximum absolute atomic E-state index is 13.1. The summed E-state index contributed by atoms with van der Waals surface area (Å²) in [6.45, 7) is 3.61. The summed E-state index contributed by atoms with van der Waals surface area (Å²) in [6.07, 6.45) is 0. The lowest BCUT2D eigenvalue weighted by Gasteiger charge is -2.11. The van der Waals surface area contributed by atoms with E-state index in [1.807, 2.05) is 13.0 Å². The van der Waals surface area contributed by atoms with Gasteiger partial charge in [0.2, 0.25) is 0 Å². The molecule has 0 radical (unpaired) electrons. The fourth-order valence-corrected chi connectivity index (χ4v) is 1.94. The fraction of sp³-hybridized carbons (Fsp3) is 0.235. The molecule has 0 spiro atoms. The number of hydrogen-bond donors (Lipinski definition) is 2. The van der Waals surface area contributed by atoms with Gasteiger partial charge in [0.1, 0.15) is 11.6 Å². The summed E-state index contributed by atoms with van der Waals surface area (Å²) in [5.41, 5.74) is 1.76. The number of hydrogen-bond acceptors (Lipinski definition) is 1. The van der Waals surface area contributed by atoms with E-state index in [0.29, 0.717) is 19.0 Å². The molecule has 124 valence electrons. The molecule has 2 aromatic rings. The lowest BCUT2D eigenvalue weighted by molar-refractivity contribution is 0.625. The Morgan fingerprint density at radius 3 is 2.35 bits per heavy atom. The summed E-state index contributed by atoms with van der Waals surface area (Å²) >= 11 is 0. The molecular weight excluding hydrogens is 411 g/mol. The molecule has 2 rings (SSSR count). The monoisotopic (exact) mass is 431 g/mol. The SMILES string of the molecule is CCNC(=NCc1cccc(F)c1)NCc1ccc(F)cc1.I. The molecule has 0 fully saturated rings. The highest BCUT2D eigenvalue weighted by Gasteiger charge is 2.00. The van der Waals surface area contributed by atoms with Crippen molar-refractivity contribution in [2.45, 2.75) is 20.0 Å². The number of rotatable bonds is 5. The molecule has 0 heterocycles. The molecule has 0 saturated carbocycles. The van der Waals surface area contributed by atoms with Crippen molar-refractivity contribution < 1.29 is 8.78 Å². The van der Waals surface area contributed by atoms with Crippen LogP contribution in [0.3, 0.4) is 0 Å². The second kappa shape index (κ2) is 10.1. The first-order valence-corrected chi connectivity index (χ1v) is 7.18. The molecule has 0 amide bonds. The molecule has 0 aromatic heterocycles. The smallest absolute Gasteiger partial charge is 0.191 e. The quantitative estimate of drug-likeness (QED) is 0.429. The van der Waals surface area contributed by atoms with Gasteiger partial charge in [0.25, 0.3) is 0 Å². The Balaban J connectivity index is 0.00000264. The first kappa shape index (κ1) is 19.3. The van der Waals surface area contributed by atoms with Crippen LogP contribution in [0.2, 0.25) is 0 Å². The summed E-state index contributed by atoms with van der Waals surface area (Å²) in [6, 6.07) is 12.7. The summed E-state index contributed by atoms with van der Waals surface area (Å²) in [5.74, 6) is 0.114. The van der Waals surface area contributed by atoms with Crippen molar-refractivity contribution in [3.63, 3.8) is 0 Å². The number of nitrogens with one attached hydrogen (secondary N) is 2. The van der Waals surface area contributed by atoms with Gasteiger partial charge in [0.05, 0.1) is 6.54 Å². The zero-order valence-corrected chi connectivity index (χ0v) is 15.2. The van der Waals surface area contributed by atoms with Crippen LogP contribution in [0.15, 0.2) is 53.5 Å². The van der Waals surface area contributed by atoms with E-state index in [2.05, 4.69) is 15.6 Å². The Morgan fingerprint density at radius 1 is 0.957 bits per heavy atom. The lowest BCUT2D eigenvalue weighted by Crippen LogP contribution is -2.36. The Morgan fingerprint density at radius 2 is 1.70 bits per heavy atom. The van der Waals surface area contributed by atoms with Gasteiger partial charge in [-0.25, -0.2) is 13.8 Å². The third kappa shape index (κ3) is 6.94. The van der Waals surface area contributed by atoms with E-state index < -0.39 is 0 Å². The average molecular weight is 431 g/mol. The highest BCUT2D eigenvalue weighted by atomic mass is 127. The van der Waals surface area contributed by atoms with Gasteiger partial charge in [0, 0.05) is 13.1 Å². The minimum absolute atomic E-state index is 0. The van der Waals surface area contributed by atoms with Crippen molar-refractivity contribution in [2.24, 2.45) is 4.99 Å². The van der Waals surface area contributed by atoms with Crippen LogP contribution < -0.4 is 10.6 Å². The van der Waals surface area contributed by atoms with Gasteiger partial charge in [-0.15, -0.1) is 24.0 Å². The van der Waals surface area contributed by atoms with Crippen LogP contribution in [0.25, 0.3) is 0 Å². The summed E-state index contributed by atoms with van der Waals surface area (Å²) < 4.78 is 26.0. The molecule has 0 aliphatic carbocycles. The molecule has 0 aliphatic heterocycles. The third-order valence-corrected chi connectivity index (χ3v) is 3.03. The second-order valence-corrected chi connectivity index (χ2v) is 4.81. The minimum Gasteiger partial charge on any atom is -0.357 e. The van der Waals surface area contributed by atoms with E-state index in [1.165, 1.54) is 24.3 Å². The van der Waals surface area contributed by atoms with Crippen LogP contribution in [0, 0.1) is 11.6 Å². The molecule has 0 atom stereocenters. The van der Waals surface area contributed by atoms with E-state index in [-0.39, 0.29) is 35.6 Å². The highest BCUT2D eigenvalue weighted by Crippen LogP contribution is 2.05. The van der Waals surface area contributed by atoms with Crippen molar-refractivity contribution in [1.82, 2.24) is 10.6 Å². The Hall–Kier alpha value is -1.70. The van der Waals surface area contributed by atoms with Crippen molar-refractivity contribution in [2.75, 3.05) is 6.54 Å². The van der Waals surface area contributed by atoms with Crippen LogP contribution in [-0.2, 0) is 13.1 Å². The number of guanidine groups is 1. The van der Waals surface area contributed by atoms with Gasteiger partial charge >= 0.3 is 0 Å². The van der Waals surface area contributed by atoms with Gasteiger partial charge in [-0.3, -0.25) is 0 Å². The summed E-state index contributed by atoms with van der Waals surface area (Å²) in [7, 11) is 0. The molecule has 23 heavy (non-hydrogen) atoms. The van der Waals surface area contributed by atoms with E-state index in [1.54, 1.807) is 18.2 Å². The van der Waals surface area contributed by atoms with Crippen molar-refractivity contribution in [1.29, 1.82) is 0 Å². The minimum atomic E-state index is -0.267. The van der Waals surface area contributed by atoms with Crippen LogP contribution >= 0.6 is 24.0 Å². The number of nitrogens with zero attached hydrogens (tertiary/aromatic N) is 1. The molecular formula is C17H20F2IN3. The Kier molecular flexibility index (Phi) is 8.53. The van der Waals surface area contributed by atoms with Gasteiger partial charge in [-0.1, -0.05) is 24.3 Å². The molecule has 0 aliphatic rings. The lowest BCUT2D eigenvalue weighted by atomic mass is 10.2. The zero-order valence-electron chi connectivity index (χ0n) is 12.9. The van der Waals surface area contributed by atoms with Crippen LogP contribution in [0.4, 0.5) is 8.78 Å². The molecule has 2 N–H and O–H groups in total. The van der Waals surface area contributed by atoms with Crippen molar-refractivity contribution in [3.8, 4) is 0 Å². The van der Waals surface area contributed by atoms with Gasteiger partial charge < -0.3 is 10.6 Å². The predicted molar refractivity (Wildman–Crippen MR) is 99.9 cm³/mol. The van der Waals surface area contributed by atoms with E-state index in [4.69, 9.17) is 0 Å². The molecule has 0 unspecified atom stereocenters. The number of benzene rings is 2. The zero-order chi connectivity index (χ0) is 15.8. The van der Waals surface area contributed by atoms with Crippen LogP contribution in [0.5, 0.6) is 0 Å². The summed E-state index contributed by atoms with van der Waals surface area (Å²) in [5, 5.41) is 6.28. The number of halogens is 3. The first-order chi connectivity index (χ1) is 10.7. The third-order valence-electron chi connectivity index (χ3n) is 3.03. The highest BCUT2D eigenvalue weighted by molar-refractivity contribution is 14.0. The molecule has 2 aromatic carbocycles. The predicted octanol–water partition coefficient (Wildman–Crippen LogP) is 3.84. The van der Waals surface area contributed by atoms with Gasteiger partial charge in [-0.2, -0.15) is 0 Å². The van der Waals surface area contributed by atoms with E-state index in [0.717, 1.165) is 17.7 Å². The molecule has 0 bridgehead atoms. The standard InChI is InChI=1S/C17H19F2N3.HI/c1-2-20-17(21-11-13-6-8-15(18)9-7-13)22-12-14-4-3-5-16(19)10-14;/h3-10H,2,11-12H2,1H3,(H2,20,21,22);1H. The second-order valence-electron chi connectivity index (χ2n) is 4.81. The van der Waals surface area contributed by atoms with Gasteiger partial charge in [-0.05, 0) is 42.3 Å². The van der Waals surface area contributed by atoms with Crippen molar-refractivity contribution in [3.05, 3.63) is 71.3 Å². The van der Waals surface area contributed by atoms with Crippen LogP contribution in [-0.4, -0.2) is 12.5 Å². The molecule has 3 nitrogen and oxygen atoms in total. The first-order valence-electron chi connectivity index (χ1n) is 7.18. The summed E-state index contributed by atoms with van der Waals surface area (Å²) in [4.78, 5) is 4.41. The van der Waals surface area contributed by atoms with E-state index in [9.17, 15) is 8.78 Å². The normalized spacial score (nSPS) is 10.8. The topological polar surface area (TPSA) is 36.4 Å². The maximum Gasteiger partial charge on any atom is 0.191 e. The van der Waals surface area contributed by atoms with Gasteiger partial charge in [0.15, 0.2) is 5.96 Å². The maximum atomic E-state index is 13.1. The Labute approximate surface area is 152 Å². The molecule has 0 saturated heterocycles. The van der Waals surface area contributed by atoms with Crippen LogP contribution in [0.1, 0.15) is 18.1 Å². The van der Waals surface area contributed by atoms with E-state index >= 15 is 0 Å². The molecule has 6 heteroatoms. The van der Waals surface area contributed by atoms with Crippen molar-refractivity contribution >= 4 is 29.9 Å². The largest absolute Gasteiger partial charge is 0.357 e.